The van der Waals surface area contributed by atoms with Gasteiger partial charge in [-0.05, 0) is 56.9 Å². The predicted molar refractivity (Wildman–Crippen MR) is 117 cm³/mol. The van der Waals surface area contributed by atoms with Gasteiger partial charge in [0.05, 0.1) is 13.2 Å². The summed E-state index contributed by atoms with van der Waals surface area (Å²) in [6.07, 6.45) is 11.7. The van der Waals surface area contributed by atoms with Crippen molar-refractivity contribution in [2.45, 2.75) is 70.4 Å². The summed E-state index contributed by atoms with van der Waals surface area (Å²) in [6.45, 7) is 6.14. The van der Waals surface area contributed by atoms with E-state index in [1.54, 1.807) is 0 Å². The summed E-state index contributed by atoms with van der Waals surface area (Å²) < 4.78 is 5.47. The lowest BCUT2D eigenvalue weighted by molar-refractivity contribution is -0.140. The Kier molecular flexibility index (Phi) is 5.16. The molecule has 2 aliphatic heterocycles. The predicted octanol–water partition coefficient (Wildman–Crippen LogP) is 3.04. The monoisotopic (exact) mass is 412 g/mol. The highest BCUT2D eigenvalue weighted by atomic mass is 16.5. The van der Waals surface area contributed by atoms with E-state index in [0.717, 1.165) is 88.9 Å². The average molecular weight is 413 g/mol. The fraction of sp³-hybridized carbons (Fsp3) is 0.750. The van der Waals surface area contributed by atoms with Crippen molar-refractivity contribution in [3.63, 3.8) is 0 Å². The molecule has 3 aliphatic carbocycles. The van der Waals surface area contributed by atoms with Gasteiger partial charge in [0.25, 0.3) is 0 Å². The summed E-state index contributed by atoms with van der Waals surface area (Å²) in [6, 6.07) is 0.624. The van der Waals surface area contributed by atoms with Crippen LogP contribution in [0.15, 0.2) is 23.0 Å². The van der Waals surface area contributed by atoms with Crippen LogP contribution in [0.2, 0.25) is 0 Å². The zero-order chi connectivity index (χ0) is 20.9. The molecule has 0 spiro atoms. The van der Waals surface area contributed by atoms with E-state index < -0.39 is 0 Å². The number of hydrogen-bond donors (Lipinski definition) is 2. The smallest absolute Gasteiger partial charge is 0.226 e. The lowest BCUT2D eigenvalue weighted by Crippen LogP contribution is -2.49. The molecule has 5 rings (SSSR count). The maximum Gasteiger partial charge on any atom is 0.226 e. The van der Waals surface area contributed by atoms with Crippen molar-refractivity contribution in [3.05, 3.63) is 23.0 Å². The van der Waals surface area contributed by atoms with Crippen molar-refractivity contribution in [1.82, 2.24) is 9.80 Å². The maximum atomic E-state index is 13.9. The molecule has 1 saturated carbocycles. The summed E-state index contributed by atoms with van der Waals surface area (Å²) in [5.41, 5.74) is 9.58. The van der Waals surface area contributed by atoms with Gasteiger partial charge in [0, 0.05) is 60.0 Å². The Morgan fingerprint density at radius 2 is 2.10 bits per heavy atom. The number of amides is 1. The molecule has 1 amide bonds. The molecular formula is C24H36N4O2. The number of nitrogens with zero attached hydrogens (tertiary/aromatic N) is 2. The van der Waals surface area contributed by atoms with Gasteiger partial charge in [-0.25, -0.2) is 0 Å². The van der Waals surface area contributed by atoms with Gasteiger partial charge < -0.3 is 25.7 Å². The first kappa shape index (κ1) is 20.1. The Morgan fingerprint density at radius 1 is 1.30 bits per heavy atom. The Bertz CT molecular complexity index is 780. The number of nitrogens with one attached hydrogen (secondary N) is 1. The van der Waals surface area contributed by atoms with Crippen molar-refractivity contribution in [3.8, 4) is 0 Å². The van der Waals surface area contributed by atoms with Gasteiger partial charge >= 0.3 is 0 Å². The van der Waals surface area contributed by atoms with E-state index in [0.29, 0.717) is 17.9 Å². The number of nitrogens with two attached hydrogens (primary N) is 1. The number of carbonyl (C=O) groups is 1. The van der Waals surface area contributed by atoms with Crippen LogP contribution in [0.1, 0.15) is 58.3 Å². The lowest BCUT2D eigenvalue weighted by atomic mass is 9.79. The molecule has 6 heteroatoms. The van der Waals surface area contributed by atoms with Crippen LogP contribution in [0.25, 0.3) is 0 Å². The van der Waals surface area contributed by atoms with Crippen molar-refractivity contribution in [1.29, 1.82) is 5.41 Å². The second-order valence-electron chi connectivity index (χ2n) is 10.5. The van der Waals surface area contributed by atoms with Crippen LogP contribution in [-0.4, -0.2) is 60.3 Å². The number of fused-ring (bicyclic) bond motifs is 1. The third-order valence-corrected chi connectivity index (χ3v) is 7.94. The molecule has 0 bridgehead atoms. The zero-order valence-electron chi connectivity index (χ0n) is 18.2. The number of ether oxygens (including phenoxy) is 1. The molecule has 6 nitrogen and oxygen atoms in total. The van der Waals surface area contributed by atoms with Crippen molar-refractivity contribution >= 4 is 12.1 Å². The number of likely N-dealkylation sites (tertiary alicyclic amines) is 1. The first-order valence-electron chi connectivity index (χ1n) is 11.8. The van der Waals surface area contributed by atoms with Crippen LogP contribution in [0.4, 0.5) is 0 Å². The van der Waals surface area contributed by atoms with Crippen LogP contribution >= 0.6 is 0 Å². The minimum Gasteiger partial charge on any atom is -0.402 e. The first-order chi connectivity index (χ1) is 14.5. The fourth-order valence-electron chi connectivity index (χ4n) is 6.14. The van der Waals surface area contributed by atoms with Gasteiger partial charge in [0.15, 0.2) is 0 Å². The highest BCUT2D eigenvalue weighted by molar-refractivity contribution is 5.82. The van der Waals surface area contributed by atoms with E-state index in [9.17, 15) is 4.79 Å². The van der Waals surface area contributed by atoms with Gasteiger partial charge in [-0.3, -0.25) is 4.79 Å². The zero-order valence-corrected chi connectivity index (χ0v) is 18.2. The molecular weight excluding hydrogens is 376 g/mol. The van der Waals surface area contributed by atoms with Gasteiger partial charge in [0.1, 0.15) is 0 Å². The topological polar surface area (TPSA) is 82.7 Å². The molecule has 30 heavy (non-hydrogen) atoms. The summed E-state index contributed by atoms with van der Waals surface area (Å²) >= 11 is 0. The number of hydrogen-bond acceptors (Lipinski definition) is 5. The van der Waals surface area contributed by atoms with E-state index in [2.05, 4.69) is 22.8 Å². The first-order valence-corrected chi connectivity index (χ1v) is 11.8. The van der Waals surface area contributed by atoms with Gasteiger partial charge in [-0.15, -0.1) is 0 Å². The minimum atomic E-state index is 0.118. The third kappa shape index (κ3) is 3.57. The quantitative estimate of drug-likeness (QED) is 0.657. The van der Waals surface area contributed by atoms with Crippen LogP contribution in [-0.2, 0) is 9.53 Å². The molecule has 0 aromatic heterocycles. The highest BCUT2D eigenvalue weighted by Crippen LogP contribution is 2.45. The van der Waals surface area contributed by atoms with Crippen molar-refractivity contribution < 1.29 is 9.53 Å². The molecule has 5 aliphatic rings. The Balaban J connectivity index is 1.31. The molecule has 0 radical (unpaired) electrons. The summed E-state index contributed by atoms with van der Waals surface area (Å²) in [7, 11) is 0. The number of rotatable bonds is 6. The molecule has 3 fully saturated rings. The highest BCUT2D eigenvalue weighted by Gasteiger charge is 2.47. The lowest BCUT2D eigenvalue weighted by Gasteiger charge is -2.43. The van der Waals surface area contributed by atoms with Crippen molar-refractivity contribution in [2.24, 2.45) is 23.0 Å². The standard InChI is InChI=1S/C24H36N4O2/c1-24(14-30-15-24)13-27-10-9-19-20(3-2-4-22(19)27)23(29)28(17-5-6-17)18-7-8-21(26)16(11-18)12-25/h4,12,17-20,25H,2-3,5-11,13-15,26H2,1H3. The molecule has 164 valence electrons. The Labute approximate surface area is 180 Å². The number of carbonyl (C=O) groups excluding carboxylic acids is 1. The molecule has 3 atom stereocenters. The maximum absolute atomic E-state index is 13.9. The SMILES string of the molecule is CC1(CN2CCC3C2=CCCC3C(=O)N(C2CC2)C2CCC(N)=C(C=N)C2)COC1. The van der Waals surface area contributed by atoms with Crippen LogP contribution in [0.3, 0.4) is 0 Å². The van der Waals surface area contributed by atoms with E-state index in [1.807, 2.05) is 0 Å². The van der Waals surface area contributed by atoms with E-state index in [4.69, 9.17) is 15.9 Å². The molecule has 0 aromatic carbocycles. The van der Waals surface area contributed by atoms with Gasteiger partial charge in [-0.2, -0.15) is 0 Å². The fourth-order valence-corrected chi connectivity index (χ4v) is 6.14. The largest absolute Gasteiger partial charge is 0.402 e. The van der Waals surface area contributed by atoms with Crippen LogP contribution in [0.5, 0.6) is 0 Å². The molecule has 3 unspecified atom stereocenters. The van der Waals surface area contributed by atoms with Gasteiger partial charge in [-0.1, -0.05) is 13.0 Å². The Hall–Kier alpha value is -1.82. The molecule has 2 heterocycles. The van der Waals surface area contributed by atoms with Crippen LogP contribution in [0, 0.1) is 22.7 Å². The second kappa shape index (κ2) is 7.70. The summed E-state index contributed by atoms with van der Waals surface area (Å²) in [5, 5.41) is 7.71. The van der Waals surface area contributed by atoms with E-state index in [-0.39, 0.29) is 17.4 Å². The second-order valence-corrected chi connectivity index (χ2v) is 10.5. The van der Waals surface area contributed by atoms with E-state index >= 15 is 0 Å². The van der Waals surface area contributed by atoms with Crippen LogP contribution < -0.4 is 5.73 Å². The molecule has 2 saturated heterocycles. The summed E-state index contributed by atoms with van der Waals surface area (Å²) in [5.74, 6) is 0.874. The van der Waals surface area contributed by atoms with Gasteiger partial charge in [0.2, 0.25) is 5.91 Å². The van der Waals surface area contributed by atoms with E-state index in [1.165, 1.54) is 11.9 Å². The van der Waals surface area contributed by atoms with Crippen molar-refractivity contribution in [2.75, 3.05) is 26.3 Å². The molecule has 3 N–H and O–H groups in total. The minimum absolute atomic E-state index is 0.118. The molecule has 0 aromatic rings. The third-order valence-electron chi connectivity index (χ3n) is 7.94. The normalized spacial score (nSPS) is 32.9. The Morgan fingerprint density at radius 3 is 2.77 bits per heavy atom. The summed E-state index contributed by atoms with van der Waals surface area (Å²) in [4.78, 5) is 18.7. The number of allylic oxidation sites excluding steroid dienone is 3. The average Bonchev–Trinajstić information content (AvgIpc) is 3.48.